The minimum absolute atomic E-state index is 0.277. The Hall–Kier alpha value is -2.91. The van der Waals surface area contributed by atoms with E-state index in [2.05, 4.69) is 33.2 Å². The van der Waals surface area contributed by atoms with E-state index < -0.39 is 0 Å². The van der Waals surface area contributed by atoms with Gasteiger partial charge in [0.25, 0.3) is 5.91 Å². The van der Waals surface area contributed by atoms with E-state index in [0.29, 0.717) is 16.9 Å². The lowest BCUT2D eigenvalue weighted by Gasteiger charge is -2.34. The summed E-state index contributed by atoms with van der Waals surface area (Å²) in [6.45, 7) is 3.88. The summed E-state index contributed by atoms with van der Waals surface area (Å²) in [6, 6.07) is 12.6. The van der Waals surface area contributed by atoms with Gasteiger partial charge in [0.15, 0.2) is 0 Å². The molecule has 1 aromatic carbocycles. The van der Waals surface area contributed by atoms with Crippen LogP contribution in [0.25, 0.3) is 0 Å². The summed E-state index contributed by atoms with van der Waals surface area (Å²) in [6.07, 6.45) is 1.66. The minimum atomic E-state index is -0.277. The van der Waals surface area contributed by atoms with Gasteiger partial charge < -0.3 is 15.1 Å². The number of piperazine rings is 1. The van der Waals surface area contributed by atoms with E-state index in [9.17, 15) is 4.79 Å². The fraction of sp³-hybridized carbons (Fsp3) is 0.278. The zero-order valence-electron chi connectivity index (χ0n) is 13.6. The third-order valence-electron chi connectivity index (χ3n) is 4.09. The number of carbonyl (C=O) groups excluding carboxylic acids is 1. The molecule has 0 unspecified atom stereocenters. The Morgan fingerprint density at radius 3 is 2.75 bits per heavy atom. The van der Waals surface area contributed by atoms with Gasteiger partial charge in [-0.3, -0.25) is 9.78 Å². The van der Waals surface area contributed by atoms with E-state index in [-0.39, 0.29) is 5.91 Å². The molecule has 1 aromatic heterocycles. The lowest BCUT2D eigenvalue weighted by Crippen LogP contribution is -2.44. The number of amides is 1. The van der Waals surface area contributed by atoms with Crippen LogP contribution in [0.15, 0.2) is 42.6 Å². The van der Waals surface area contributed by atoms with Crippen molar-refractivity contribution in [1.29, 1.82) is 5.26 Å². The summed E-state index contributed by atoms with van der Waals surface area (Å²) in [5.41, 5.74) is 2.47. The quantitative estimate of drug-likeness (QED) is 0.935. The summed E-state index contributed by atoms with van der Waals surface area (Å²) >= 11 is 0. The molecule has 2 heterocycles. The second-order valence-electron chi connectivity index (χ2n) is 5.84. The standard InChI is InChI=1S/C18H19N5O/c1-22-7-9-23(10-8-22)16-5-6-20-17(12-16)18(24)21-15-4-2-3-14(11-15)13-19/h2-6,11-12H,7-10H2,1H3,(H,21,24). The average Bonchev–Trinajstić information content (AvgIpc) is 2.62. The molecule has 0 aliphatic carbocycles. The van der Waals surface area contributed by atoms with Crippen LogP contribution in [-0.2, 0) is 0 Å². The molecular formula is C18H19N5O. The molecule has 0 atom stereocenters. The predicted octanol–water partition coefficient (Wildman–Crippen LogP) is 1.96. The molecule has 1 aliphatic rings. The van der Waals surface area contributed by atoms with Crippen LogP contribution in [0.1, 0.15) is 16.1 Å². The number of hydrogen-bond donors (Lipinski definition) is 1. The molecule has 0 bridgehead atoms. The predicted molar refractivity (Wildman–Crippen MR) is 93.1 cm³/mol. The third kappa shape index (κ3) is 3.70. The number of benzene rings is 1. The largest absolute Gasteiger partial charge is 0.369 e. The maximum absolute atomic E-state index is 12.4. The van der Waals surface area contributed by atoms with Crippen LogP contribution in [0.5, 0.6) is 0 Å². The van der Waals surface area contributed by atoms with Gasteiger partial charge in [-0.15, -0.1) is 0 Å². The molecule has 6 nitrogen and oxygen atoms in total. The molecule has 122 valence electrons. The Kier molecular flexibility index (Phi) is 4.73. The second kappa shape index (κ2) is 7.11. The molecule has 24 heavy (non-hydrogen) atoms. The van der Waals surface area contributed by atoms with Gasteiger partial charge in [-0.1, -0.05) is 6.07 Å². The normalized spacial score (nSPS) is 14.9. The van der Waals surface area contributed by atoms with Crippen molar-refractivity contribution in [2.24, 2.45) is 0 Å². The molecule has 6 heteroatoms. The van der Waals surface area contributed by atoms with Crippen molar-refractivity contribution in [2.75, 3.05) is 43.4 Å². The first-order valence-corrected chi connectivity index (χ1v) is 7.87. The highest BCUT2D eigenvalue weighted by Crippen LogP contribution is 2.18. The number of likely N-dealkylation sites (N-methyl/N-ethyl adjacent to an activating group) is 1. The first kappa shape index (κ1) is 16.0. The molecule has 1 aliphatic heterocycles. The summed E-state index contributed by atoms with van der Waals surface area (Å²) < 4.78 is 0. The van der Waals surface area contributed by atoms with Gasteiger partial charge in [0.2, 0.25) is 0 Å². The molecule has 1 N–H and O–H groups in total. The van der Waals surface area contributed by atoms with Crippen LogP contribution in [0.2, 0.25) is 0 Å². The molecule has 3 rings (SSSR count). The first-order chi connectivity index (χ1) is 11.7. The van der Waals surface area contributed by atoms with Crippen molar-refractivity contribution < 1.29 is 4.79 Å². The molecule has 1 amide bonds. The van der Waals surface area contributed by atoms with Gasteiger partial charge in [0, 0.05) is 43.8 Å². The van der Waals surface area contributed by atoms with Crippen LogP contribution in [-0.4, -0.2) is 49.0 Å². The van der Waals surface area contributed by atoms with Crippen LogP contribution in [0, 0.1) is 11.3 Å². The Morgan fingerprint density at radius 1 is 1.21 bits per heavy atom. The van der Waals surface area contributed by atoms with Gasteiger partial charge in [-0.2, -0.15) is 5.26 Å². The molecule has 0 saturated carbocycles. The van der Waals surface area contributed by atoms with Gasteiger partial charge in [-0.25, -0.2) is 0 Å². The number of aromatic nitrogens is 1. The highest BCUT2D eigenvalue weighted by atomic mass is 16.1. The molecule has 2 aromatic rings. The number of pyridine rings is 1. The third-order valence-corrected chi connectivity index (χ3v) is 4.09. The number of nitrogens with one attached hydrogen (secondary N) is 1. The zero-order chi connectivity index (χ0) is 16.9. The average molecular weight is 321 g/mol. The molecule has 1 saturated heterocycles. The Morgan fingerprint density at radius 2 is 2.00 bits per heavy atom. The Balaban J connectivity index is 1.73. The van der Waals surface area contributed by atoms with Crippen molar-refractivity contribution in [3.8, 4) is 6.07 Å². The van der Waals surface area contributed by atoms with Crippen molar-refractivity contribution >= 4 is 17.3 Å². The van der Waals surface area contributed by atoms with E-state index in [1.165, 1.54) is 0 Å². The van der Waals surface area contributed by atoms with Crippen LogP contribution in [0.4, 0.5) is 11.4 Å². The number of nitrogens with zero attached hydrogens (tertiary/aromatic N) is 4. The van der Waals surface area contributed by atoms with Gasteiger partial charge in [0.1, 0.15) is 5.69 Å². The topological polar surface area (TPSA) is 72.3 Å². The fourth-order valence-corrected chi connectivity index (χ4v) is 2.67. The maximum Gasteiger partial charge on any atom is 0.274 e. The van der Waals surface area contributed by atoms with Crippen LogP contribution in [0.3, 0.4) is 0 Å². The molecule has 0 radical (unpaired) electrons. The lowest BCUT2D eigenvalue weighted by atomic mass is 10.2. The zero-order valence-corrected chi connectivity index (χ0v) is 13.6. The van der Waals surface area contributed by atoms with Gasteiger partial charge in [-0.05, 0) is 37.4 Å². The molecule has 0 spiro atoms. The van der Waals surface area contributed by atoms with E-state index in [0.717, 1.165) is 31.9 Å². The highest BCUT2D eigenvalue weighted by molar-refractivity contribution is 6.03. The molecule has 1 fully saturated rings. The monoisotopic (exact) mass is 321 g/mol. The number of hydrogen-bond acceptors (Lipinski definition) is 5. The van der Waals surface area contributed by atoms with Gasteiger partial charge >= 0.3 is 0 Å². The van der Waals surface area contributed by atoms with Crippen LogP contribution < -0.4 is 10.2 Å². The summed E-state index contributed by atoms with van der Waals surface area (Å²) in [5, 5.41) is 11.7. The second-order valence-corrected chi connectivity index (χ2v) is 5.84. The highest BCUT2D eigenvalue weighted by Gasteiger charge is 2.16. The smallest absolute Gasteiger partial charge is 0.274 e. The van der Waals surface area contributed by atoms with E-state index in [4.69, 9.17) is 5.26 Å². The van der Waals surface area contributed by atoms with Crippen molar-refractivity contribution in [3.63, 3.8) is 0 Å². The maximum atomic E-state index is 12.4. The number of nitriles is 1. The first-order valence-electron chi connectivity index (χ1n) is 7.87. The van der Waals surface area contributed by atoms with Crippen molar-refractivity contribution in [3.05, 3.63) is 53.9 Å². The van der Waals surface area contributed by atoms with Crippen LogP contribution >= 0.6 is 0 Å². The van der Waals surface area contributed by atoms with E-state index >= 15 is 0 Å². The minimum Gasteiger partial charge on any atom is -0.369 e. The lowest BCUT2D eigenvalue weighted by molar-refractivity contribution is 0.102. The fourth-order valence-electron chi connectivity index (χ4n) is 2.67. The number of carbonyl (C=O) groups is 1. The van der Waals surface area contributed by atoms with E-state index in [1.54, 1.807) is 30.5 Å². The summed E-state index contributed by atoms with van der Waals surface area (Å²) in [7, 11) is 2.11. The van der Waals surface area contributed by atoms with Crippen molar-refractivity contribution in [2.45, 2.75) is 0 Å². The van der Waals surface area contributed by atoms with Gasteiger partial charge in [0.05, 0.1) is 11.6 Å². The summed E-state index contributed by atoms with van der Waals surface area (Å²) in [5.74, 6) is -0.277. The number of rotatable bonds is 3. The molecular weight excluding hydrogens is 302 g/mol. The Bertz CT molecular complexity index is 775. The SMILES string of the molecule is CN1CCN(c2ccnc(C(=O)Nc3cccc(C#N)c3)c2)CC1. The van der Waals surface area contributed by atoms with Crippen molar-refractivity contribution in [1.82, 2.24) is 9.88 Å². The Labute approximate surface area is 141 Å². The summed E-state index contributed by atoms with van der Waals surface area (Å²) in [4.78, 5) is 21.1. The van der Waals surface area contributed by atoms with E-state index in [1.807, 2.05) is 12.1 Å². The number of anilines is 2.